The number of hydrogen-bond donors (Lipinski definition) is 2. The van der Waals surface area contributed by atoms with Crippen LogP contribution < -0.4 is 10.1 Å². The van der Waals surface area contributed by atoms with Crippen molar-refractivity contribution in [2.45, 2.75) is 45.7 Å². The van der Waals surface area contributed by atoms with E-state index in [1.807, 2.05) is 19.1 Å². The van der Waals surface area contributed by atoms with E-state index < -0.39 is 0 Å². The van der Waals surface area contributed by atoms with Gasteiger partial charge in [-0.25, -0.2) is 4.39 Å². The summed E-state index contributed by atoms with van der Waals surface area (Å²) in [5.41, 5.74) is 1.37. The Balaban J connectivity index is 1.45. The number of likely N-dealkylation sites (tertiary alicyclic amines) is 1. The molecule has 1 heterocycles. The Morgan fingerprint density at radius 2 is 2.03 bits per heavy atom. The van der Waals surface area contributed by atoms with Gasteiger partial charge < -0.3 is 15.2 Å². The van der Waals surface area contributed by atoms with Gasteiger partial charge in [0.25, 0.3) is 0 Å². The van der Waals surface area contributed by atoms with Crippen molar-refractivity contribution in [1.82, 2.24) is 10.2 Å². The summed E-state index contributed by atoms with van der Waals surface area (Å²) < 4.78 is 19.1. The molecule has 0 aromatic heterocycles. The number of nitrogens with one attached hydrogen (secondary N) is 1. The van der Waals surface area contributed by atoms with Gasteiger partial charge in [0.05, 0.1) is 6.61 Å². The minimum atomic E-state index is -0.294. The lowest BCUT2D eigenvalue weighted by molar-refractivity contribution is -0.121. The molecule has 1 saturated heterocycles. The van der Waals surface area contributed by atoms with E-state index in [9.17, 15) is 14.3 Å². The Labute approximate surface area is 177 Å². The molecule has 2 aromatic carbocycles. The lowest BCUT2D eigenvalue weighted by Gasteiger charge is -2.33. The standard InChI is InChI=1S/C24H31FN2O3/c1-2-30-22-11-5-9-20(24(22)29)17-27-14-6-7-18(16-27)12-13-23(28)26-15-19-8-3-4-10-21(19)25/h3-5,8-11,18,29H,2,6-7,12-17H2,1H3,(H,26,28)/t18-/m1/s1. The molecule has 1 atom stereocenters. The fourth-order valence-corrected chi connectivity index (χ4v) is 4.00. The number of piperidine rings is 1. The van der Waals surface area contributed by atoms with Gasteiger partial charge in [-0.15, -0.1) is 0 Å². The number of carbonyl (C=O) groups excluding carboxylic acids is 1. The summed E-state index contributed by atoms with van der Waals surface area (Å²) in [7, 11) is 0. The molecule has 162 valence electrons. The lowest BCUT2D eigenvalue weighted by atomic mass is 9.93. The molecule has 1 amide bonds. The summed E-state index contributed by atoms with van der Waals surface area (Å²) in [4.78, 5) is 14.5. The topological polar surface area (TPSA) is 61.8 Å². The van der Waals surface area contributed by atoms with Gasteiger partial charge in [0.15, 0.2) is 11.5 Å². The third kappa shape index (κ3) is 6.20. The third-order valence-electron chi connectivity index (χ3n) is 5.59. The minimum Gasteiger partial charge on any atom is -0.504 e. The molecule has 0 spiro atoms. The summed E-state index contributed by atoms with van der Waals surface area (Å²) in [5, 5.41) is 13.3. The minimum absolute atomic E-state index is 0.0440. The number of amides is 1. The van der Waals surface area contributed by atoms with Crippen molar-refractivity contribution >= 4 is 5.91 Å². The van der Waals surface area contributed by atoms with Gasteiger partial charge in [-0.1, -0.05) is 30.3 Å². The van der Waals surface area contributed by atoms with Crippen LogP contribution in [0.4, 0.5) is 4.39 Å². The molecule has 6 heteroatoms. The second kappa shape index (κ2) is 11.0. The molecule has 1 aliphatic heterocycles. The van der Waals surface area contributed by atoms with Crippen LogP contribution in [0.5, 0.6) is 11.5 Å². The van der Waals surface area contributed by atoms with Gasteiger partial charge in [0, 0.05) is 37.2 Å². The van der Waals surface area contributed by atoms with E-state index in [1.54, 1.807) is 24.3 Å². The first-order valence-corrected chi connectivity index (χ1v) is 10.7. The summed E-state index contributed by atoms with van der Waals surface area (Å²) in [6, 6.07) is 12.1. The Morgan fingerprint density at radius 1 is 1.23 bits per heavy atom. The average Bonchev–Trinajstić information content (AvgIpc) is 2.75. The number of ether oxygens (including phenoxy) is 1. The summed E-state index contributed by atoms with van der Waals surface area (Å²) >= 11 is 0. The van der Waals surface area contributed by atoms with E-state index in [2.05, 4.69) is 10.2 Å². The monoisotopic (exact) mass is 414 g/mol. The molecule has 30 heavy (non-hydrogen) atoms. The van der Waals surface area contributed by atoms with Crippen molar-refractivity contribution in [1.29, 1.82) is 0 Å². The second-order valence-electron chi connectivity index (χ2n) is 7.85. The molecule has 3 rings (SSSR count). The Kier molecular flexibility index (Phi) is 8.08. The van der Waals surface area contributed by atoms with Gasteiger partial charge in [0.1, 0.15) is 5.82 Å². The largest absolute Gasteiger partial charge is 0.504 e. The fraction of sp³-hybridized carbons (Fsp3) is 0.458. The molecule has 1 aliphatic rings. The van der Waals surface area contributed by atoms with Crippen LogP contribution in [-0.2, 0) is 17.9 Å². The van der Waals surface area contributed by atoms with Crippen molar-refractivity contribution in [3.8, 4) is 11.5 Å². The highest BCUT2D eigenvalue weighted by atomic mass is 19.1. The number of rotatable bonds is 9. The molecule has 0 radical (unpaired) electrons. The molecule has 2 N–H and O–H groups in total. The molecule has 1 fully saturated rings. The van der Waals surface area contributed by atoms with Crippen LogP contribution in [0.2, 0.25) is 0 Å². The van der Waals surface area contributed by atoms with Crippen LogP contribution in [0, 0.1) is 11.7 Å². The maximum absolute atomic E-state index is 13.7. The molecule has 0 saturated carbocycles. The first kappa shape index (κ1) is 22.1. The summed E-state index contributed by atoms with van der Waals surface area (Å²) in [5.74, 6) is 0.842. The number of para-hydroxylation sites is 1. The number of nitrogens with zero attached hydrogens (tertiary/aromatic N) is 1. The van der Waals surface area contributed by atoms with Crippen LogP contribution >= 0.6 is 0 Å². The maximum Gasteiger partial charge on any atom is 0.220 e. The summed E-state index contributed by atoms with van der Waals surface area (Å²) in [6.07, 6.45) is 3.43. The van der Waals surface area contributed by atoms with Crippen molar-refractivity contribution in [2.75, 3.05) is 19.7 Å². The molecule has 2 aromatic rings. The molecular weight excluding hydrogens is 383 g/mol. The normalized spacial score (nSPS) is 16.9. The predicted molar refractivity (Wildman–Crippen MR) is 115 cm³/mol. The number of aromatic hydroxyl groups is 1. The van der Waals surface area contributed by atoms with E-state index in [0.29, 0.717) is 36.8 Å². The number of hydrogen-bond acceptors (Lipinski definition) is 4. The van der Waals surface area contributed by atoms with Crippen molar-refractivity contribution in [3.05, 3.63) is 59.4 Å². The highest BCUT2D eigenvalue weighted by Crippen LogP contribution is 2.32. The van der Waals surface area contributed by atoms with E-state index in [-0.39, 0.29) is 24.0 Å². The van der Waals surface area contributed by atoms with Crippen LogP contribution in [-0.4, -0.2) is 35.6 Å². The van der Waals surface area contributed by atoms with Crippen LogP contribution in [0.25, 0.3) is 0 Å². The summed E-state index contributed by atoms with van der Waals surface area (Å²) in [6.45, 7) is 5.18. The van der Waals surface area contributed by atoms with Gasteiger partial charge in [-0.05, 0) is 50.8 Å². The second-order valence-corrected chi connectivity index (χ2v) is 7.85. The van der Waals surface area contributed by atoms with Gasteiger partial charge >= 0.3 is 0 Å². The number of phenols is 1. The molecular formula is C24H31FN2O3. The first-order chi connectivity index (χ1) is 14.6. The fourth-order valence-electron chi connectivity index (χ4n) is 4.00. The van der Waals surface area contributed by atoms with Gasteiger partial charge in [-0.3, -0.25) is 9.69 Å². The zero-order valence-corrected chi connectivity index (χ0v) is 17.6. The highest BCUT2D eigenvalue weighted by molar-refractivity contribution is 5.75. The van der Waals surface area contributed by atoms with Crippen LogP contribution in [0.1, 0.15) is 43.7 Å². The SMILES string of the molecule is CCOc1cccc(CN2CCC[C@H](CCC(=O)NCc3ccccc3F)C2)c1O. The first-order valence-electron chi connectivity index (χ1n) is 10.7. The number of carbonyl (C=O) groups is 1. The number of benzene rings is 2. The third-order valence-corrected chi connectivity index (χ3v) is 5.59. The van der Waals surface area contributed by atoms with E-state index in [4.69, 9.17) is 4.74 Å². The Bertz CT molecular complexity index is 843. The number of halogens is 1. The lowest BCUT2D eigenvalue weighted by Crippen LogP contribution is -2.35. The Hall–Kier alpha value is -2.60. The highest BCUT2D eigenvalue weighted by Gasteiger charge is 2.22. The zero-order valence-electron chi connectivity index (χ0n) is 17.6. The van der Waals surface area contributed by atoms with Crippen LogP contribution in [0.3, 0.4) is 0 Å². The maximum atomic E-state index is 13.7. The molecule has 0 unspecified atom stereocenters. The van der Waals surface area contributed by atoms with E-state index in [0.717, 1.165) is 37.9 Å². The van der Waals surface area contributed by atoms with Crippen molar-refractivity contribution in [2.24, 2.45) is 5.92 Å². The molecule has 5 nitrogen and oxygen atoms in total. The zero-order chi connectivity index (χ0) is 21.3. The molecule has 0 bridgehead atoms. The quantitative estimate of drug-likeness (QED) is 0.644. The average molecular weight is 415 g/mol. The predicted octanol–water partition coefficient (Wildman–Crippen LogP) is 4.24. The van der Waals surface area contributed by atoms with E-state index in [1.165, 1.54) is 6.07 Å². The van der Waals surface area contributed by atoms with Crippen LogP contribution in [0.15, 0.2) is 42.5 Å². The Morgan fingerprint density at radius 3 is 2.83 bits per heavy atom. The van der Waals surface area contributed by atoms with Gasteiger partial charge in [0.2, 0.25) is 5.91 Å². The van der Waals surface area contributed by atoms with E-state index >= 15 is 0 Å². The van der Waals surface area contributed by atoms with Crippen molar-refractivity contribution < 1.29 is 19.0 Å². The van der Waals surface area contributed by atoms with Crippen molar-refractivity contribution in [3.63, 3.8) is 0 Å². The van der Waals surface area contributed by atoms with Gasteiger partial charge in [-0.2, -0.15) is 0 Å². The smallest absolute Gasteiger partial charge is 0.220 e. The number of phenolic OH excluding ortho intramolecular Hbond substituents is 1. The molecule has 0 aliphatic carbocycles.